The lowest BCUT2D eigenvalue weighted by Crippen LogP contribution is -2.62. The number of hydrogen-bond acceptors (Lipinski definition) is 3. The van der Waals surface area contributed by atoms with Gasteiger partial charge in [-0.2, -0.15) is 0 Å². The van der Waals surface area contributed by atoms with Crippen molar-refractivity contribution in [2.24, 2.45) is 5.92 Å². The lowest BCUT2D eigenvalue weighted by Gasteiger charge is -2.44. The van der Waals surface area contributed by atoms with Crippen molar-refractivity contribution < 1.29 is 9.59 Å². The molecule has 1 unspecified atom stereocenters. The Balaban J connectivity index is 1.81. The Bertz CT molecular complexity index is 625. The molecule has 1 atom stereocenters. The smallest absolute Gasteiger partial charge is 0.249 e. The Kier molecular flexibility index (Phi) is 5.84. The molecule has 2 aliphatic rings. The van der Waals surface area contributed by atoms with Gasteiger partial charge < -0.3 is 15.1 Å². The number of amides is 2. The van der Waals surface area contributed by atoms with Crippen LogP contribution in [0, 0.1) is 5.92 Å². The van der Waals surface area contributed by atoms with Crippen LogP contribution >= 0.6 is 0 Å². The van der Waals surface area contributed by atoms with Crippen LogP contribution < -0.4 is 5.32 Å². The van der Waals surface area contributed by atoms with Crippen LogP contribution in [0.15, 0.2) is 30.3 Å². The topological polar surface area (TPSA) is 52.7 Å². The van der Waals surface area contributed by atoms with Crippen LogP contribution in [0.1, 0.15) is 44.9 Å². The molecule has 1 aliphatic heterocycles. The molecule has 0 bridgehead atoms. The van der Waals surface area contributed by atoms with E-state index in [1.165, 1.54) is 6.42 Å². The standard InChI is InChI=1S/C21H31N3O2/c1-23(2)20(26)21(22-18-12-7-4-8-13-18)14-9-15-24(16-21)19(25)17-10-5-3-6-11-17/h4,7-8,12-13,17,22H,3,5-6,9-11,14-16H2,1-2H3. The number of para-hydroxylation sites is 1. The van der Waals surface area contributed by atoms with Gasteiger partial charge in [0.15, 0.2) is 0 Å². The van der Waals surface area contributed by atoms with Gasteiger partial charge in [-0.1, -0.05) is 37.5 Å². The summed E-state index contributed by atoms with van der Waals surface area (Å²) >= 11 is 0. The Hall–Kier alpha value is -2.04. The van der Waals surface area contributed by atoms with Crippen molar-refractivity contribution in [1.82, 2.24) is 9.80 Å². The summed E-state index contributed by atoms with van der Waals surface area (Å²) in [6.07, 6.45) is 7.11. The van der Waals surface area contributed by atoms with E-state index in [0.717, 1.165) is 50.8 Å². The number of benzene rings is 1. The third-order valence-corrected chi connectivity index (χ3v) is 5.73. The van der Waals surface area contributed by atoms with E-state index in [-0.39, 0.29) is 17.7 Å². The van der Waals surface area contributed by atoms with Crippen LogP contribution in [-0.2, 0) is 9.59 Å². The summed E-state index contributed by atoms with van der Waals surface area (Å²) in [5.41, 5.74) is 0.183. The Morgan fingerprint density at radius 3 is 2.42 bits per heavy atom. The van der Waals surface area contributed by atoms with Crippen LogP contribution in [0.3, 0.4) is 0 Å². The first-order chi connectivity index (χ1) is 12.5. The summed E-state index contributed by atoms with van der Waals surface area (Å²) in [4.78, 5) is 29.7. The first kappa shape index (κ1) is 18.7. The van der Waals surface area contributed by atoms with E-state index in [1.54, 1.807) is 19.0 Å². The maximum Gasteiger partial charge on any atom is 0.249 e. The summed E-state index contributed by atoms with van der Waals surface area (Å²) < 4.78 is 0. The lowest BCUT2D eigenvalue weighted by atomic mass is 9.84. The Labute approximate surface area is 156 Å². The quantitative estimate of drug-likeness (QED) is 0.901. The summed E-state index contributed by atoms with van der Waals surface area (Å²) in [7, 11) is 3.58. The lowest BCUT2D eigenvalue weighted by molar-refractivity contribution is -0.142. The maximum absolute atomic E-state index is 13.1. The van der Waals surface area contributed by atoms with Crippen LogP contribution in [0.25, 0.3) is 0 Å². The number of rotatable bonds is 4. The Morgan fingerprint density at radius 1 is 1.08 bits per heavy atom. The van der Waals surface area contributed by atoms with Gasteiger partial charge in [-0.15, -0.1) is 0 Å². The molecule has 3 rings (SSSR count). The second-order valence-corrected chi connectivity index (χ2v) is 7.97. The van der Waals surface area contributed by atoms with Gasteiger partial charge in [-0.3, -0.25) is 9.59 Å². The van der Waals surface area contributed by atoms with Crippen LogP contribution in [-0.4, -0.2) is 54.3 Å². The van der Waals surface area contributed by atoms with Gasteiger partial charge in [0, 0.05) is 32.2 Å². The van der Waals surface area contributed by atoms with Crippen LogP contribution in [0.4, 0.5) is 5.69 Å². The van der Waals surface area contributed by atoms with Crippen molar-refractivity contribution >= 4 is 17.5 Å². The summed E-state index contributed by atoms with van der Waals surface area (Å²) in [5.74, 6) is 0.434. The molecule has 2 fully saturated rings. The van der Waals surface area contributed by atoms with Crippen molar-refractivity contribution in [3.63, 3.8) is 0 Å². The third-order valence-electron chi connectivity index (χ3n) is 5.73. The highest BCUT2D eigenvalue weighted by Crippen LogP contribution is 2.31. The minimum absolute atomic E-state index is 0.0440. The molecular weight excluding hydrogens is 326 g/mol. The third kappa shape index (κ3) is 4.02. The van der Waals surface area contributed by atoms with E-state index in [9.17, 15) is 9.59 Å². The van der Waals surface area contributed by atoms with Crippen molar-refractivity contribution in [3.05, 3.63) is 30.3 Å². The number of nitrogens with zero attached hydrogens (tertiary/aromatic N) is 2. The number of anilines is 1. The van der Waals surface area contributed by atoms with Crippen molar-refractivity contribution in [1.29, 1.82) is 0 Å². The fourth-order valence-electron chi connectivity index (χ4n) is 4.41. The average Bonchev–Trinajstić information content (AvgIpc) is 2.68. The van der Waals surface area contributed by atoms with Crippen LogP contribution in [0.5, 0.6) is 0 Å². The van der Waals surface area contributed by atoms with E-state index in [0.29, 0.717) is 6.54 Å². The van der Waals surface area contributed by atoms with Crippen molar-refractivity contribution in [2.75, 3.05) is 32.5 Å². The highest BCUT2D eigenvalue weighted by atomic mass is 16.2. The number of carbonyl (C=O) groups is 2. The molecule has 0 radical (unpaired) electrons. The first-order valence-corrected chi connectivity index (χ1v) is 9.86. The van der Waals surface area contributed by atoms with Gasteiger partial charge in [0.05, 0.1) is 6.54 Å². The first-order valence-electron chi connectivity index (χ1n) is 9.86. The molecule has 5 nitrogen and oxygen atoms in total. The number of nitrogens with one attached hydrogen (secondary N) is 1. The molecule has 0 spiro atoms. The molecule has 1 saturated carbocycles. The monoisotopic (exact) mass is 357 g/mol. The van der Waals surface area contributed by atoms with Gasteiger partial charge in [-0.05, 0) is 37.8 Å². The second kappa shape index (κ2) is 8.11. The predicted octanol–water partition coefficient (Wildman–Crippen LogP) is 3.13. The molecule has 1 aromatic carbocycles. The largest absolute Gasteiger partial charge is 0.370 e. The van der Waals surface area contributed by atoms with E-state index in [1.807, 2.05) is 35.2 Å². The minimum atomic E-state index is -0.743. The normalized spacial score (nSPS) is 24.2. The molecule has 5 heteroatoms. The molecule has 1 heterocycles. The van der Waals surface area contributed by atoms with E-state index in [2.05, 4.69) is 5.32 Å². The van der Waals surface area contributed by atoms with Crippen molar-refractivity contribution in [2.45, 2.75) is 50.5 Å². The fourth-order valence-corrected chi connectivity index (χ4v) is 4.41. The number of likely N-dealkylation sites (N-methyl/N-ethyl adjacent to an activating group) is 1. The van der Waals surface area contributed by atoms with Gasteiger partial charge in [0.2, 0.25) is 11.8 Å². The second-order valence-electron chi connectivity index (χ2n) is 7.97. The number of carbonyl (C=O) groups excluding carboxylic acids is 2. The van der Waals surface area contributed by atoms with E-state index in [4.69, 9.17) is 0 Å². The van der Waals surface area contributed by atoms with Gasteiger partial charge in [0.1, 0.15) is 5.54 Å². The zero-order chi connectivity index (χ0) is 18.6. The predicted molar refractivity (Wildman–Crippen MR) is 104 cm³/mol. The number of hydrogen-bond donors (Lipinski definition) is 1. The van der Waals surface area contributed by atoms with Gasteiger partial charge in [0.25, 0.3) is 0 Å². The molecule has 2 amide bonds. The molecule has 0 aromatic heterocycles. The highest BCUT2D eigenvalue weighted by molar-refractivity contribution is 5.91. The van der Waals surface area contributed by atoms with Crippen molar-refractivity contribution in [3.8, 4) is 0 Å². The zero-order valence-corrected chi connectivity index (χ0v) is 16.0. The fraction of sp³-hybridized carbons (Fsp3) is 0.619. The zero-order valence-electron chi connectivity index (χ0n) is 16.0. The maximum atomic E-state index is 13.1. The molecular formula is C21H31N3O2. The van der Waals surface area contributed by atoms with E-state index >= 15 is 0 Å². The summed E-state index contributed by atoms with van der Waals surface area (Å²) in [5, 5.41) is 3.48. The molecule has 1 aliphatic carbocycles. The minimum Gasteiger partial charge on any atom is -0.370 e. The molecule has 142 valence electrons. The van der Waals surface area contributed by atoms with Gasteiger partial charge >= 0.3 is 0 Å². The molecule has 26 heavy (non-hydrogen) atoms. The molecule has 1 aromatic rings. The van der Waals surface area contributed by atoms with Gasteiger partial charge in [-0.25, -0.2) is 0 Å². The van der Waals surface area contributed by atoms with Crippen LogP contribution in [0.2, 0.25) is 0 Å². The average molecular weight is 357 g/mol. The summed E-state index contributed by atoms with van der Waals surface area (Å²) in [6.45, 7) is 1.21. The van der Waals surface area contributed by atoms with E-state index < -0.39 is 5.54 Å². The summed E-state index contributed by atoms with van der Waals surface area (Å²) in [6, 6.07) is 9.85. The SMILES string of the molecule is CN(C)C(=O)C1(Nc2ccccc2)CCCN(C(=O)C2CCCCC2)C1. The number of piperidine rings is 1. The Morgan fingerprint density at radius 2 is 1.77 bits per heavy atom. The molecule has 1 saturated heterocycles. The number of likely N-dealkylation sites (tertiary alicyclic amines) is 1. The highest BCUT2D eigenvalue weighted by Gasteiger charge is 2.45. The molecule has 1 N–H and O–H groups in total.